The normalized spacial score (nSPS) is 22.6. The predicted octanol–water partition coefficient (Wildman–Crippen LogP) is 4.36. The van der Waals surface area contributed by atoms with Gasteiger partial charge in [-0.2, -0.15) is 5.10 Å². The summed E-state index contributed by atoms with van der Waals surface area (Å²) < 4.78 is 6.19. The molecule has 0 radical (unpaired) electrons. The minimum atomic E-state index is 0.0473. The second kappa shape index (κ2) is 5.48. The van der Waals surface area contributed by atoms with Gasteiger partial charge in [0.25, 0.3) is 0 Å². The Morgan fingerprint density at radius 3 is 2.68 bits per heavy atom. The molecule has 0 unspecified atom stereocenters. The number of hydrogen-bond acceptors (Lipinski definition) is 3. The molecule has 2 atom stereocenters. The third-order valence-corrected chi connectivity index (χ3v) is 4.42. The Labute approximate surface area is 131 Å². The first-order valence-electron chi connectivity index (χ1n) is 8.03. The Kier molecular flexibility index (Phi) is 3.34. The van der Waals surface area contributed by atoms with Crippen molar-refractivity contribution in [1.29, 1.82) is 0 Å². The fourth-order valence-electron chi connectivity index (χ4n) is 3.35. The van der Waals surface area contributed by atoms with Gasteiger partial charge in [0.2, 0.25) is 0 Å². The maximum absolute atomic E-state index is 6.19. The molecule has 0 saturated heterocycles. The Hall–Kier alpha value is -2.29. The van der Waals surface area contributed by atoms with Gasteiger partial charge in [0.15, 0.2) is 6.23 Å². The molecule has 0 bridgehead atoms. The highest BCUT2D eigenvalue weighted by Crippen LogP contribution is 2.43. The second-order valence-electron chi connectivity index (χ2n) is 5.91. The van der Waals surface area contributed by atoms with Crippen LogP contribution in [0.4, 0.5) is 0 Å². The van der Waals surface area contributed by atoms with E-state index in [1.165, 1.54) is 11.1 Å². The molecule has 0 aromatic heterocycles. The second-order valence-corrected chi connectivity index (χ2v) is 5.91. The molecule has 2 aromatic rings. The lowest BCUT2D eigenvalue weighted by molar-refractivity contribution is -0.0223. The average molecular weight is 292 g/mol. The fraction of sp³-hybridized carbons (Fsp3) is 0.316. The van der Waals surface area contributed by atoms with Gasteiger partial charge in [0, 0.05) is 18.4 Å². The lowest BCUT2D eigenvalue weighted by atomic mass is 9.96. The molecule has 2 heterocycles. The Bertz CT molecular complexity index is 696. The molecule has 2 aliphatic rings. The molecule has 0 aliphatic carbocycles. The summed E-state index contributed by atoms with van der Waals surface area (Å²) >= 11 is 0. The summed E-state index contributed by atoms with van der Waals surface area (Å²) in [6.07, 6.45) is 3.08. The van der Waals surface area contributed by atoms with Crippen molar-refractivity contribution in [3.05, 3.63) is 65.7 Å². The van der Waals surface area contributed by atoms with E-state index >= 15 is 0 Å². The maximum Gasteiger partial charge on any atom is 0.187 e. The first-order valence-corrected chi connectivity index (χ1v) is 8.03. The van der Waals surface area contributed by atoms with E-state index in [1.54, 1.807) is 0 Å². The molecule has 2 aromatic carbocycles. The van der Waals surface area contributed by atoms with Crippen LogP contribution in [0.3, 0.4) is 0 Å². The van der Waals surface area contributed by atoms with E-state index in [0.29, 0.717) is 6.04 Å². The molecule has 0 amide bonds. The van der Waals surface area contributed by atoms with Crippen molar-refractivity contribution in [2.24, 2.45) is 5.10 Å². The number of rotatable bonds is 3. The minimum Gasteiger partial charge on any atom is -0.469 e. The largest absolute Gasteiger partial charge is 0.469 e. The van der Waals surface area contributed by atoms with E-state index in [4.69, 9.17) is 9.84 Å². The average Bonchev–Trinajstić information content (AvgIpc) is 3.02. The Balaban J connectivity index is 1.72. The Morgan fingerprint density at radius 1 is 1.09 bits per heavy atom. The topological polar surface area (TPSA) is 24.8 Å². The molecule has 3 heteroatoms. The van der Waals surface area contributed by atoms with E-state index in [-0.39, 0.29) is 6.23 Å². The van der Waals surface area contributed by atoms with Crippen LogP contribution in [-0.2, 0) is 0 Å². The monoisotopic (exact) mass is 292 g/mol. The van der Waals surface area contributed by atoms with Gasteiger partial charge < -0.3 is 4.74 Å². The van der Waals surface area contributed by atoms with Gasteiger partial charge in [0.1, 0.15) is 5.75 Å². The van der Waals surface area contributed by atoms with Gasteiger partial charge in [-0.05, 0) is 11.6 Å². The van der Waals surface area contributed by atoms with Crippen LogP contribution in [0, 0.1) is 0 Å². The predicted molar refractivity (Wildman–Crippen MR) is 87.9 cm³/mol. The molecule has 22 heavy (non-hydrogen) atoms. The molecule has 0 N–H and O–H groups in total. The fourth-order valence-corrected chi connectivity index (χ4v) is 3.35. The van der Waals surface area contributed by atoms with E-state index in [0.717, 1.165) is 30.7 Å². The van der Waals surface area contributed by atoms with Gasteiger partial charge >= 0.3 is 0 Å². The van der Waals surface area contributed by atoms with Crippen LogP contribution in [0.25, 0.3) is 0 Å². The number of para-hydroxylation sites is 1. The lowest BCUT2D eigenvalue weighted by Crippen LogP contribution is -2.40. The maximum atomic E-state index is 6.19. The molecule has 3 nitrogen and oxygen atoms in total. The van der Waals surface area contributed by atoms with Crippen LogP contribution in [0.2, 0.25) is 0 Å². The molecular formula is C19H20N2O. The van der Waals surface area contributed by atoms with E-state index in [2.05, 4.69) is 54.4 Å². The van der Waals surface area contributed by atoms with Gasteiger partial charge in [-0.25, -0.2) is 0 Å². The van der Waals surface area contributed by atoms with Gasteiger partial charge in [-0.15, -0.1) is 0 Å². The molecule has 112 valence electrons. The molecular weight excluding hydrogens is 272 g/mol. The lowest BCUT2D eigenvalue weighted by Gasteiger charge is -2.38. The van der Waals surface area contributed by atoms with Crippen LogP contribution >= 0.6 is 0 Å². The molecule has 4 rings (SSSR count). The number of ether oxygens (including phenoxy) is 1. The van der Waals surface area contributed by atoms with E-state index in [1.807, 2.05) is 12.1 Å². The highest BCUT2D eigenvalue weighted by Gasteiger charge is 2.39. The molecule has 0 fully saturated rings. The van der Waals surface area contributed by atoms with Crippen molar-refractivity contribution in [3.8, 4) is 5.75 Å². The van der Waals surface area contributed by atoms with Crippen molar-refractivity contribution in [2.75, 3.05) is 0 Å². The third-order valence-electron chi connectivity index (χ3n) is 4.42. The minimum absolute atomic E-state index is 0.0473. The number of hydrogen-bond donors (Lipinski definition) is 0. The molecule has 2 aliphatic heterocycles. The van der Waals surface area contributed by atoms with Crippen molar-refractivity contribution in [3.63, 3.8) is 0 Å². The summed E-state index contributed by atoms with van der Waals surface area (Å²) in [6.45, 7) is 2.19. The van der Waals surface area contributed by atoms with Crippen LogP contribution in [0.5, 0.6) is 5.75 Å². The molecule has 0 saturated carbocycles. The van der Waals surface area contributed by atoms with Crippen LogP contribution < -0.4 is 4.74 Å². The number of fused-ring (bicyclic) bond motifs is 3. The third kappa shape index (κ3) is 2.17. The van der Waals surface area contributed by atoms with Crippen LogP contribution in [0.15, 0.2) is 59.7 Å². The van der Waals surface area contributed by atoms with Gasteiger partial charge in [-0.1, -0.05) is 61.9 Å². The quantitative estimate of drug-likeness (QED) is 0.840. The first-order chi connectivity index (χ1) is 10.9. The van der Waals surface area contributed by atoms with Crippen molar-refractivity contribution in [2.45, 2.75) is 38.5 Å². The number of hydrazone groups is 1. The highest BCUT2D eigenvalue weighted by molar-refractivity contribution is 6.01. The summed E-state index contributed by atoms with van der Waals surface area (Å²) in [6, 6.07) is 19.1. The SMILES string of the molecule is CCC[C@@H]1Oc2ccccc2[C@@H]2CC(c3ccccc3)=NN12. The van der Waals surface area contributed by atoms with Crippen molar-refractivity contribution in [1.82, 2.24) is 5.01 Å². The van der Waals surface area contributed by atoms with Gasteiger partial charge in [0.05, 0.1) is 11.8 Å². The van der Waals surface area contributed by atoms with Crippen molar-refractivity contribution < 1.29 is 4.74 Å². The highest BCUT2D eigenvalue weighted by atomic mass is 16.5. The zero-order valence-corrected chi connectivity index (χ0v) is 12.8. The van der Waals surface area contributed by atoms with Crippen LogP contribution in [-0.4, -0.2) is 16.9 Å². The summed E-state index contributed by atoms with van der Waals surface area (Å²) in [5.41, 5.74) is 3.63. The molecule has 0 spiro atoms. The zero-order valence-electron chi connectivity index (χ0n) is 12.8. The number of nitrogens with zero attached hydrogens (tertiary/aromatic N) is 2. The smallest absolute Gasteiger partial charge is 0.187 e. The van der Waals surface area contributed by atoms with Crippen molar-refractivity contribution >= 4 is 5.71 Å². The van der Waals surface area contributed by atoms with E-state index < -0.39 is 0 Å². The Morgan fingerprint density at radius 2 is 1.86 bits per heavy atom. The summed E-state index contributed by atoms with van der Waals surface area (Å²) in [7, 11) is 0. The number of benzene rings is 2. The summed E-state index contributed by atoms with van der Waals surface area (Å²) in [5, 5.41) is 7.08. The standard InChI is InChI=1S/C19H20N2O/c1-2-8-19-21-17(15-11-6-7-12-18(15)22-19)13-16(20-21)14-9-4-3-5-10-14/h3-7,9-12,17,19H,2,8,13H2,1H3/t17-,19-/m0/s1. The van der Waals surface area contributed by atoms with Gasteiger partial charge in [-0.3, -0.25) is 5.01 Å². The summed E-state index contributed by atoms with van der Waals surface area (Å²) in [4.78, 5) is 0. The van der Waals surface area contributed by atoms with Crippen LogP contribution in [0.1, 0.15) is 43.4 Å². The first kappa shape index (κ1) is 13.4. The summed E-state index contributed by atoms with van der Waals surface area (Å²) in [5.74, 6) is 1.02. The van der Waals surface area contributed by atoms with E-state index in [9.17, 15) is 0 Å². The zero-order chi connectivity index (χ0) is 14.9.